The third kappa shape index (κ3) is 5.64. The van der Waals surface area contributed by atoms with Gasteiger partial charge in [0, 0.05) is 50.6 Å². The van der Waals surface area contributed by atoms with Crippen LogP contribution in [0.4, 0.5) is 5.69 Å². The molecule has 162 valence electrons. The molecule has 30 heavy (non-hydrogen) atoms. The zero-order valence-corrected chi connectivity index (χ0v) is 18.9. The number of unbranched alkanes of at least 4 members (excludes halogenated alkanes) is 1. The SMILES string of the molecule is CCCCn1nc(C)c(/C=C/C(=O)N(C)Cc2ccc(N3CCOCC3)cc2)c1Cl. The van der Waals surface area contributed by atoms with Gasteiger partial charge in [0.15, 0.2) is 0 Å². The van der Waals surface area contributed by atoms with Crippen LogP contribution in [0.2, 0.25) is 5.15 Å². The minimum Gasteiger partial charge on any atom is -0.378 e. The van der Waals surface area contributed by atoms with Crippen LogP contribution in [-0.2, 0) is 22.6 Å². The van der Waals surface area contributed by atoms with E-state index < -0.39 is 0 Å². The molecule has 6 nitrogen and oxygen atoms in total. The quantitative estimate of drug-likeness (QED) is 0.590. The maximum Gasteiger partial charge on any atom is 0.246 e. The maximum atomic E-state index is 12.6. The molecule has 0 bridgehead atoms. The van der Waals surface area contributed by atoms with Crippen molar-refractivity contribution in [1.82, 2.24) is 14.7 Å². The Morgan fingerprint density at radius 2 is 1.97 bits per heavy atom. The topological polar surface area (TPSA) is 50.6 Å². The zero-order valence-electron chi connectivity index (χ0n) is 18.1. The minimum atomic E-state index is -0.0657. The first-order valence-corrected chi connectivity index (χ1v) is 10.9. The molecule has 0 aliphatic carbocycles. The fourth-order valence-electron chi connectivity index (χ4n) is 3.48. The lowest BCUT2D eigenvalue weighted by molar-refractivity contribution is -0.125. The summed E-state index contributed by atoms with van der Waals surface area (Å²) in [7, 11) is 1.81. The number of hydrogen-bond acceptors (Lipinski definition) is 4. The molecule has 3 rings (SSSR count). The van der Waals surface area contributed by atoms with E-state index in [0.717, 1.165) is 62.5 Å². The summed E-state index contributed by atoms with van der Waals surface area (Å²) < 4.78 is 7.22. The summed E-state index contributed by atoms with van der Waals surface area (Å²) in [4.78, 5) is 16.6. The van der Waals surface area contributed by atoms with Crippen molar-refractivity contribution in [3.63, 3.8) is 0 Å². The molecule has 1 amide bonds. The van der Waals surface area contributed by atoms with Gasteiger partial charge in [0.2, 0.25) is 5.91 Å². The lowest BCUT2D eigenvalue weighted by Gasteiger charge is -2.29. The second kappa shape index (κ2) is 10.6. The number of morpholine rings is 1. The predicted molar refractivity (Wildman–Crippen MR) is 122 cm³/mol. The average molecular weight is 431 g/mol. The number of rotatable bonds is 8. The highest BCUT2D eigenvalue weighted by molar-refractivity contribution is 6.31. The van der Waals surface area contributed by atoms with Crippen LogP contribution >= 0.6 is 11.6 Å². The molecular formula is C23H31ClN4O2. The number of likely N-dealkylation sites (N-methyl/N-ethyl adjacent to an activating group) is 1. The first-order chi connectivity index (χ1) is 14.5. The highest BCUT2D eigenvalue weighted by Gasteiger charge is 2.13. The van der Waals surface area contributed by atoms with Crippen LogP contribution < -0.4 is 4.90 Å². The summed E-state index contributed by atoms with van der Waals surface area (Å²) in [5.41, 5.74) is 3.94. The summed E-state index contributed by atoms with van der Waals surface area (Å²) >= 11 is 6.45. The Balaban J connectivity index is 1.59. The van der Waals surface area contributed by atoms with Crippen molar-refractivity contribution in [3.05, 3.63) is 52.3 Å². The van der Waals surface area contributed by atoms with Gasteiger partial charge >= 0.3 is 0 Å². The highest BCUT2D eigenvalue weighted by atomic mass is 35.5. The van der Waals surface area contributed by atoms with E-state index in [0.29, 0.717) is 11.7 Å². The molecule has 0 spiro atoms. The minimum absolute atomic E-state index is 0.0657. The van der Waals surface area contributed by atoms with E-state index in [1.54, 1.807) is 17.1 Å². The van der Waals surface area contributed by atoms with Crippen LogP contribution in [0.1, 0.15) is 36.6 Å². The van der Waals surface area contributed by atoms with Gasteiger partial charge in [0.1, 0.15) is 5.15 Å². The average Bonchev–Trinajstić information content (AvgIpc) is 3.04. The number of aryl methyl sites for hydroxylation is 2. The van der Waals surface area contributed by atoms with E-state index in [2.05, 4.69) is 41.2 Å². The summed E-state index contributed by atoms with van der Waals surface area (Å²) in [6.45, 7) is 8.76. The van der Waals surface area contributed by atoms with Crippen LogP contribution in [-0.4, -0.2) is 53.9 Å². The van der Waals surface area contributed by atoms with Crippen LogP contribution in [0.3, 0.4) is 0 Å². The second-order valence-corrected chi connectivity index (χ2v) is 8.02. The molecule has 0 radical (unpaired) electrons. The van der Waals surface area contributed by atoms with E-state index in [-0.39, 0.29) is 5.91 Å². The third-order valence-electron chi connectivity index (χ3n) is 5.33. The number of halogens is 1. The lowest BCUT2D eigenvalue weighted by Crippen LogP contribution is -2.36. The van der Waals surface area contributed by atoms with Gasteiger partial charge in [0.25, 0.3) is 0 Å². The Kier molecular flexibility index (Phi) is 7.94. The fraction of sp³-hybridized carbons (Fsp3) is 0.478. The van der Waals surface area contributed by atoms with Gasteiger partial charge in [-0.25, -0.2) is 0 Å². The van der Waals surface area contributed by atoms with Crippen molar-refractivity contribution in [2.24, 2.45) is 0 Å². The number of anilines is 1. The molecule has 0 unspecified atom stereocenters. The number of carbonyl (C=O) groups is 1. The van der Waals surface area contributed by atoms with Gasteiger partial charge in [-0.05, 0) is 37.1 Å². The summed E-state index contributed by atoms with van der Waals surface area (Å²) in [5, 5.41) is 5.07. The molecule has 0 saturated carbocycles. The first kappa shape index (κ1) is 22.4. The Bertz CT molecular complexity index is 870. The summed E-state index contributed by atoms with van der Waals surface area (Å²) in [6, 6.07) is 8.39. The smallest absolute Gasteiger partial charge is 0.246 e. The van der Waals surface area contributed by atoms with E-state index in [1.165, 1.54) is 5.69 Å². The largest absolute Gasteiger partial charge is 0.378 e. The summed E-state index contributed by atoms with van der Waals surface area (Å²) in [5.74, 6) is -0.0657. The van der Waals surface area contributed by atoms with Gasteiger partial charge in [-0.1, -0.05) is 37.1 Å². The van der Waals surface area contributed by atoms with E-state index >= 15 is 0 Å². The normalized spacial score (nSPS) is 14.5. The number of benzene rings is 1. The van der Waals surface area contributed by atoms with Crippen molar-refractivity contribution in [3.8, 4) is 0 Å². The van der Waals surface area contributed by atoms with Crippen molar-refractivity contribution >= 4 is 29.3 Å². The van der Waals surface area contributed by atoms with Gasteiger partial charge in [0.05, 0.1) is 18.9 Å². The number of hydrogen-bond donors (Lipinski definition) is 0. The van der Waals surface area contributed by atoms with Gasteiger partial charge in [-0.2, -0.15) is 5.10 Å². The number of ether oxygens (including phenoxy) is 1. The van der Waals surface area contributed by atoms with Crippen LogP contribution in [0.25, 0.3) is 6.08 Å². The number of nitrogens with zero attached hydrogens (tertiary/aromatic N) is 4. The Labute approximate surface area is 184 Å². The molecular weight excluding hydrogens is 400 g/mol. The van der Waals surface area contributed by atoms with Crippen LogP contribution in [0, 0.1) is 6.92 Å². The van der Waals surface area contributed by atoms with Crippen molar-refractivity contribution in [2.75, 3.05) is 38.3 Å². The Hall–Kier alpha value is -2.31. The molecule has 1 aliphatic heterocycles. The Morgan fingerprint density at radius 3 is 2.63 bits per heavy atom. The van der Waals surface area contributed by atoms with Crippen molar-refractivity contribution < 1.29 is 9.53 Å². The van der Waals surface area contributed by atoms with Gasteiger partial charge < -0.3 is 14.5 Å². The predicted octanol–water partition coefficient (Wildman–Crippen LogP) is 4.15. The molecule has 2 heterocycles. The maximum absolute atomic E-state index is 12.6. The molecule has 7 heteroatoms. The van der Waals surface area contributed by atoms with Crippen molar-refractivity contribution in [1.29, 1.82) is 0 Å². The molecule has 2 aromatic rings. The molecule has 1 aromatic heterocycles. The monoisotopic (exact) mass is 430 g/mol. The Morgan fingerprint density at radius 1 is 1.27 bits per heavy atom. The highest BCUT2D eigenvalue weighted by Crippen LogP contribution is 2.22. The standard InChI is InChI=1S/C23H31ClN4O2/c1-4-5-12-28-23(24)21(18(2)25-28)10-11-22(29)26(3)17-19-6-8-20(9-7-19)27-13-15-30-16-14-27/h6-11H,4-5,12-17H2,1-3H3/b11-10+. The number of amides is 1. The molecule has 1 fully saturated rings. The lowest BCUT2D eigenvalue weighted by atomic mass is 10.1. The fourth-order valence-corrected chi connectivity index (χ4v) is 3.80. The molecule has 1 aliphatic rings. The van der Waals surface area contributed by atoms with Gasteiger partial charge in [-0.3, -0.25) is 9.48 Å². The summed E-state index contributed by atoms with van der Waals surface area (Å²) in [6.07, 6.45) is 5.45. The zero-order chi connectivity index (χ0) is 21.5. The van der Waals surface area contributed by atoms with Crippen LogP contribution in [0.5, 0.6) is 0 Å². The van der Waals surface area contributed by atoms with Crippen molar-refractivity contribution in [2.45, 2.75) is 39.8 Å². The van der Waals surface area contributed by atoms with E-state index in [1.807, 2.05) is 18.7 Å². The van der Waals surface area contributed by atoms with Gasteiger partial charge in [-0.15, -0.1) is 0 Å². The number of carbonyl (C=O) groups excluding carboxylic acids is 1. The first-order valence-electron chi connectivity index (χ1n) is 10.6. The van der Waals surface area contributed by atoms with E-state index in [9.17, 15) is 4.79 Å². The molecule has 1 saturated heterocycles. The third-order valence-corrected chi connectivity index (χ3v) is 5.73. The number of aromatic nitrogens is 2. The molecule has 1 aromatic carbocycles. The second-order valence-electron chi connectivity index (χ2n) is 7.66. The molecule has 0 N–H and O–H groups in total. The van der Waals surface area contributed by atoms with E-state index in [4.69, 9.17) is 16.3 Å². The van der Waals surface area contributed by atoms with Crippen LogP contribution in [0.15, 0.2) is 30.3 Å². The molecule has 0 atom stereocenters.